The molecule has 0 radical (unpaired) electrons. The van der Waals surface area contributed by atoms with Crippen molar-refractivity contribution in [3.05, 3.63) is 86.2 Å². The summed E-state index contributed by atoms with van der Waals surface area (Å²) in [6, 6.07) is 0. The zero-order chi connectivity index (χ0) is 24.1. The van der Waals surface area contributed by atoms with E-state index in [0.717, 1.165) is 0 Å². The van der Waals surface area contributed by atoms with Crippen molar-refractivity contribution in [2.45, 2.75) is 23.7 Å². The molecule has 2 atom stereocenters. The minimum Gasteiger partial charge on any atom is -0.258 e. The van der Waals surface area contributed by atoms with Crippen molar-refractivity contribution in [3.63, 3.8) is 0 Å². The second-order valence-electron chi connectivity index (χ2n) is 5.88. The van der Waals surface area contributed by atoms with E-state index < -0.39 is 74.7 Å². The van der Waals surface area contributed by atoms with Crippen molar-refractivity contribution in [3.8, 4) is 0 Å². The van der Waals surface area contributed by atoms with Crippen LogP contribution in [-0.4, -0.2) is 51.8 Å². The Hall–Kier alpha value is -3.77. The van der Waals surface area contributed by atoms with Crippen molar-refractivity contribution in [1.82, 2.24) is 0 Å². The summed E-state index contributed by atoms with van der Waals surface area (Å²) in [6.45, 7) is 0. The summed E-state index contributed by atoms with van der Waals surface area (Å²) in [5.74, 6) is -4.70. The van der Waals surface area contributed by atoms with Gasteiger partial charge in [0.1, 0.15) is 19.7 Å². The van der Waals surface area contributed by atoms with Crippen molar-refractivity contribution in [1.29, 1.82) is 0 Å². The van der Waals surface area contributed by atoms with Crippen LogP contribution in [0.25, 0.3) is 0 Å². The molecule has 0 saturated heterocycles. The van der Waals surface area contributed by atoms with Gasteiger partial charge in [-0.15, -0.1) is 0 Å². The maximum absolute atomic E-state index is 14.8. The van der Waals surface area contributed by atoms with Crippen LogP contribution in [0.2, 0.25) is 0 Å². The molecule has 2 aliphatic rings. The van der Waals surface area contributed by atoms with Gasteiger partial charge in [0.05, 0.1) is 9.81 Å². The van der Waals surface area contributed by atoms with Crippen LogP contribution < -0.4 is 0 Å². The van der Waals surface area contributed by atoms with Crippen LogP contribution in [0.3, 0.4) is 0 Å². The zero-order valence-electron chi connectivity index (χ0n) is 14.3. The van der Waals surface area contributed by atoms with E-state index in [-0.39, 0.29) is 24.3 Å². The summed E-state index contributed by atoms with van der Waals surface area (Å²) < 4.78 is 82.6. The van der Waals surface area contributed by atoms with Gasteiger partial charge in [0, 0.05) is 0 Å². The maximum Gasteiger partial charge on any atom is 0.544 e. The molecule has 0 N–H and O–H groups in total. The average molecular weight is 474 g/mol. The second kappa shape index (κ2) is 7.18. The molecule has 0 saturated carbocycles. The molecule has 2 rings (SSSR count). The predicted octanol–water partition coefficient (Wildman–Crippen LogP) is 1.08. The van der Waals surface area contributed by atoms with E-state index in [1.165, 1.54) is 0 Å². The number of sulfone groups is 1. The number of halogens is 4. The number of nitro groups is 4. The molecule has 0 aromatic rings. The Morgan fingerprint density at radius 3 is 1.16 bits per heavy atom. The molecule has 0 aliphatic heterocycles. The smallest absolute Gasteiger partial charge is 0.258 e. The molecular weight excluding hydrogens is 468 g/mol. The Morgan fingerprint density at radius 1 is 0.677 bits per heavy atom. The number of hydrogen-bond donors (Lipinski definition) is 0. The largest absolute Gasteiger partial charge is 0.544 e. The normalized spacial score (nSPS) is 24.8. The van der Waals surface area contributed by atoms with E-state index >= 15 is 0 Å². The van der Waals surface area contributed by atoms with Crippen LogP contribution in [0.4, 0.5) is 17.6 Å². The molecule has 19 heteroatoms. The lowest BCUT2D eigenvalue weighted by Crippen LogP contribution is -2.59. The highest BCUT2D eigenvalue weighted by Gasteiger charge is 2.75. The highest BCUT2D eigenvalue weighted by Crippen LogP contribution is 2.44. The van der Waals surface area contributed by atoms with Crippen LogP contribution in [0, 0.1) is 40.5 Å². The molecule has 0 bridgehead atoms. The van der Waals surface area contributed by atoms with Crippen molar-refractivity contribution >= 4 is 9.84 Å². The van der Waals surface area contributed by atoms with Crippen molar-refractivity contribution in [2.24, 2.45) is 0 Å². The van der Waals surface area contributed by atoms with Crippen LogP contribution >= 0.6 is 0 Å². The monoisotopic (exact) mass is 474 g/mol. The van der Waals surface area contributed by atoms with Crippen LogP contribution in [0.15, 0.2) is 45.8 Å². The molecule has 0 aromatic heterocycles. The van der Waals surface area contributed by atoms with Crippen LogP contribution in [0.5, 0.6) is 0 Å². The number of rotatable bonds is 6. The first-order valence-corrected chi connectivity index (χ1v) is 8.87. The van der Waals surface area contributed by atoms with E-state index in [1.54, 1.807) is 0 Å². The van der Waals surface area contributed by atoms with E-state index in [2.05, 4.69) is 0 Å². The fourth-order valence-corrected chi connectivity index (χ4v) is 4.44. The first-order valence-electron chi connectivity index (χ1n) is 7.39. The first kappa shape index (κ1) is 23.5. The lowest BCUT2D eigenvalue weighted by Gasteiger charge is -2.26. The van der Waals surface area contributed by atoms with E-state index in [4.69, 9.17) is 0 Å². The highest BCUT2D eigenvalue weighted by molar-refractivity contribution is 7.99. The van der Waals surface area contributed by atoms with E-state index in [9.17, 15) is 66.4 Å². The topological polar surface area (TPSA) is 207 Å². The number of nitrogens with zero attached hydrogens (tertiary/aromatic N) is 4. The average Bonchev–Trinajstić information content (AvgIpc) is 2.60. The van der Waals surface area contributed by atoms with Gasteiger partial charge in [-0.3, -0.25) is 40.5 Å². The second-order valence-corrected chi connectivity index (χ2v) is 7.83. The number of allylic oxidation sites excluding steroid dienone is 4. The summed E-state index contributed by atoms with van der Waals surface area (Å²) in [6.07, 6.45) is -8.37. The molecule has 31 heavy (non-hydrogen) atoms. The molecule has 2 aliphatic carbocycles. The van der Waals surface area contributed by atoms with Gasteiger partial charge in [-0.2, -0.15) is 8.78 Å². The van der Waals surface area contributed by atoms with E-state index in [0.29, 0.717) is 0 Å². The van der Waals surface area contributed by atoms with Gasteiger partial charge >= 0.3 is 11.3 Å². The number of alkyl halides is 2. The Morgan fingerprint density at radius 2 is 0.935 bits per heavy atom. The summed E-state index contributed by atoms with van der Waals surface area (Å²) >= 11 is 0. The molecule has 0 amide bonds. The Bertz CT molecular complexity index is 1030. The van der Waals surface area contributed by atoms with Crippen LogP contribution in [-0.2, 0) is 9.84 Å². The third-order valence-electron chi connectivity index (χ3n) is 4.43. The van der Waals surface area contributed by atoms with Gasteiger partial charge < -0.3 is 0 Å². The van der Waals surface area contributed by atoms with Crippen LogP contribution in [0.1, 0.15) is 0 Å². The molecule has 14 nitrogen and oxygen atoms in total. The van der Waals surface area contributed by atoms with Gasteiger partial charge in [0.25, 0.3) is 24.0 Å². The third-order valence-corrected chi connectivity index (χ3v) is 6.36. The van der Waals surface area contributed by atoms with Gasteiger partial charge in [0.2, 0.25) is 9.84 Å². The summed E-state index contributed by atoms with van der Waals surface area (Å²) in [5.41, 5.74) is -9.02. The Balaban J connectivity index is 2.76. The SMILES string of the molecule is O=[N+]([O-])C1([N+](=O)[O-])C(F)=CC=C(S(=O)(=O)C2=CC=C(F)C([N+](=O)[O-])([N+](=O)[O-])C2F)C1F. The summed E-state index contributed by atoms with van der Waals surface area (Å²) in [4.78, 5) is 31.9. The standard InChI is InChI=1S/C12H6F4N4O10S/c13-7-3-1-5(9(15)11(7,17(21)22)18(23)24)31(29,30)6-2-4-8(14)12(10(6)16,19(25)26)20(27)28/h1-4,9-10H. The Labute approximate surface area is 166 Å². The predicted molar refractivity (Wildman–Crippen MR) is 86.7 cm³/mol. The first-order chi connectivity index (χ1) is 14.1. The lowest BCUT2D eigenvalue weighted by atomic mass is 9.98. The highest BCUT2D eigenvalue weighted by atomic mass is 32.2. The zero-order valence-corrected chi connectivity index (χ0v) is 15.1. The summed E-state index contributed by atoms with van der Waals surface area (Å²) in [7, 11) is -5.87. The minimum absolute atomic E-state index is 0.0666. The fraction of sp³-hybridized carbons (Fsp3) is 0.333. The molecule has 0 fully saturated rings. The Kier molecular flexibility index (Phi) is 5.44. The summed E-state index contributed by atoms with van der Waals surface area (Å²) in [5, 5.41) is 44.3. The molecule has 168 valence electrons. The van der Waals surface area contributed by atoms with Gasteiger partial charge in [-0.1, -0.05) is 0 Å². The molecule has 2 unspecified atom stereocenters. The molecule has 0 spiro atoms. The fourth-order valence-electron chi connectivity index (χ4n) is 2.80. The minimum atomic E-state index is -5.87. The number of hydrogen-bond acceptors (Lipinski definition) is 10. The molecule has 0 heterocycles. The molecule has 0 aromatic carbocycles. The van der Waals surface area contributed by atoms with Gasteiger partial charge in [-0.25, -0.2) is 17.2 Å². The van der Waals surface area contributed by atoms with Crippen molar-refractivity contribution < 1.29 is 45.7 Å². The van der Waals surface area contributed by atoms with Gasteiger partial charge in [0.15, 0.2) is 0 Å². The van der Waals surface area contributed by atoms with Gasteiger partial charge in [-0.05, 0) is 24.3 Å². The molecular formula is C12H6F4N4O10S. The lowest BCUT2D eigenvalue weighted by molar-refractivity contribution is -0.792. The maximum atomic E-state index is 14.8. The van der Waals surface area contributed by atoms with Crippen molar-refractivity contribution in [2.75, 3.05) is 0 Å². The third kappa shape index (κ3) is 2.79. The van der Waals surface area contributed by atoms with E-state index in [1.807, 2.05) is 0 Å². The quantitative estimate of drug-likeness (QED) is 0.231.